The van der Waals surface area contributed by atoms with Crippen LogP contribution in [0, 0.1) is 0 Å². The first-order chi connectivity index (χ1) is 11.0. The van der Waals surface area contributed by atoms with Gasteiger partial charge in [-0.25, -0.2) is 0 Å². The Morgan fingerprint density at radius 1 is 0.913 bits per heavy atom. The molecule has 2 heteroatoms. The zero-order valence-electron chi connectivity index (χ0n) is 14.6. The molecule has 1 unspecified atom stereocenters. The molecule has 1 atom stereocenters. The number of para-hydroxylation sites is 1. The second-order valence-corrected chi connectivity index (χ2v) is 8.13. The van der Waals surface area contributed by atoms with E-state index in [1.165, 1.54) is 16.4 Å². The maximum Gasteiger partial charge on any atom is 0.127 e. The monoisotopic (exact) mass is 326 g/mol. The van der Waals surface area contributed by atoms with Crippen molar-refractivity contribution in [3.63, 3.8) is 0 Å². The fraction of sp³-hybridized carbons (Fsp3) is 0.333. The summed E-state index contributed by atoms with van der Waals surface area (Å²) in [5.74, 6) is 1.95. The second kappa shape index (κ2) is 8.31. The molecule has 122 valence electrons. The number of hydrogen-bond acceptors (Lipinski definition) is 1. The molecule has 0 aliphatic rings. The maximum atomic E-state index is 6.52. The smallest absolute Gasteiger partial charge is 0.127 e. The predicted octanol–water partition coefficient (Wildman–Crippen LogP) is 6.22. The first-order valence-electron chi connectivity index (χ1n) is 8.28. The van der Waals surface area contributed by atoms with E-state index in [1.807, 2.05) is 6.08 Å². The predicted molar refractivity (Wildman–Crippen MR) is 103 cm³/mol. The molecule has 1 nitrogen and oxygen atoms in total. The fourth-order valence-electron chi connectivity index (χ4n) is 2.66. The Balaban J connectivity index is 2.39. The van der Waals surface area contributed by atoms with Crippen LogP contribution in [0.3, 0.4) is 0 Å². The van der Waals surface area contributed by atoms with Crippen LogP contribution in [-0.4, -0.2) is 6.16 Å². The highest BCUT2D eigenvalue weighted by Gasteiger charge is 2.19. The maximum absolute atomic E-state index is 6.52. The summed E-state index contributed by atoms with van der Waals surface area (Å²) in [7, 11) is -0.744. The lowest BCUT2D eigenvalue weighted by Gasteiger charge is -2.24. The van der Waals surface area contributed by atoms with E-state index in [4.69, 9.17) is 4.52 Å². The molecule has 0 heterocycles. The molecule has 0 bridgehead atoms. The van der Waals surface area contributed by atoms with Gasteiger partial charge in [0.05, 0.1) is 0 Å². The van der Waals surface area contributed by atoms with Crippen LogP contribution in [0.15, 0.2) is 61.2 Å². The molecule has 2 aromatic rings. The Hall–Kier alpha value is -1.59. The van der Waals surface area contributed by atoms with Crippen LogP contribution in [0.2, 0.25) is 0 Å². The molecule has 0 aliphatic heterocycles. The van der Waals surface area contributed by atoms with E-state index < -0.39 is 8.15 Å². The molecular weight excluding hydrogens is 299 g/mol. The molecule has 0 aliphatic carbocycles. The Bertz CT molecular complexity index is 646. The third-order valence-electron chi connectivity index (χ3n) is 3.87. The quantitative estimate of drug-likeness (QED) is 0.433. The minimum absolute atomic E-state index is 0.451. The molecule has 23 heavy (non-hydrogen) atoms. The van der Waals surface area contributed by atoms with Gasteiger partial charge in [0.2, 0.25) is 0 Å². The van der Waals surface area contributed by atoms with Crippen molar-refractivity contribution < 1.29 is 4.52 Å². The van der Waals surface area contributed by atoms with Gasteiger partial charge in [-0.15, -0.1) is 6.58 Å². The summed E-state index contributed by atoms with van der Waals surface area (Å²) in [5, 5.41) is 1.33. The van der Waals surface area contributed by atoms with Crippen molar-refractivity contribution >= 4 is 13.5 Å². The van der Waals surface area contributed by atoms with Crippen LogP contribution >= 0.6 is 8.15 Å². The average molecular weight is 326 g/mol. The second-order valence-electron chi connectivity index (χ2n) is 6.35. The van der Waals surface area contributed by atoms with Crippen molar-refractivity contribution in [3.8, 4) is 5.75 Å². The molecule has 0 amide bonds. The van der Waals surface area contributed by atoms with Crippen LogP contribution in [0.1, 0.15) is 50.7 Å². The first-order valence-corrected chi connectivity index (χ1v) is 9.73. The Kier molecular flexibility index (Phi) is 6.42. The van der Waals surface area contributed by atoms with Crippen LogP contribution in [0.25, 0.3) is 0 Å². The highest BCUT2D eigenvalue weighted by molar-refractivity contribution is 7.61. The van der Waals surface area contributed by atoms with E-state index in [0.717, 1.165) is 11.9 Å². The summed E-state index contributed by atoms with van der Waals surface area (Å²) < 4.78 is 6.52. The van der Waals surface area contributed by atoms with E-state index >= 15 is 0 Å². The molecule has 0 radical (unpaired) electrons. The Labute approximate surface area is 142 Å². The third-order valence-corrected chi connectivity index (χ3v) is 5.82. The molecule has 0 N–H and O–H groups in total. The van der Waals surface area contributed by atoms with Crippen LogP contribution < -0.4 is 9.83 Å². The van der Waals surface area contributed by atoms with E-state index in [2.05, 4.69) is 82.8 Å². The van der Waals surface area contributed by atoms with Gasteiger partial charge in [-0.1, -0.05) is 76.2 Å². The summed E-state index contributed by atoms with van der Waals surface area (Å²) in [5.41, 5.74) is 2.65. The summed E-state index contributed by atoms with van der Waals surface area (Å²) in [6.07, 6.45) is 2.84. The lowest BCUT2D eigenvalue weighted by atomic mass is 10.0. The van der Waals surface area contributed by atoms with Crippen molar-refractivity contribution in [1.29, 1.82) is 0 Å². The molecule has 0 saturated carbocycles. The minimum Gasteiger partial charge on any atom is -0.469 e. The fourth-order valence-corrected chi connectivity index (χ4v) is 4.55. The lowest BCUT2D eigenvalue weighted by Crippen LogP contribution is -2.14. The van der Waals surface area contributed by atoms with Gasteiger partial charge in [0.25, 0.3) is 0 Å². The molecule has 2 rings (SSSR count). The highest BCUT2D eigenvalue weighted by atomic mass is 31.1. The summed E-state index contributed by atoms with van der Waals surface area (Å²) >= 11 is 0. The molecule has 0 spiro atoms. The lowest BCUT2D eigenvalue weighted by molar-refractivity contribution is 0.604. The van der Waals surface area contributed by atoms with E-state index in [-0.39, 0.29) is 0 Å². The van der Waals surface area contributed by atoms with Gasteiger partial charge in [0.15, 0.2) is 0 Å². The van der Waals surface area contributed by atoms with Crippen LogP contribution in [0.4, 0.5) is 0 Å². The zero-order valence-corrected chi connectivity index (χ0v) is 15.5. The van der Waals surface area contributed by atoms with Gasteiger partial charge >= 0.3 is 0 Å². The largest absolute Gasteiger partial charge is 0.469 e. The topological polar surface area (TPSA) is 9.23 Å². The minimum atomic E-state index is -0.744. The van der Waals surface area contributed by atoms with Gasteiger partial charge in [-0.2, -0.15) is 0 Å². The molecule has 0 aromatic heterocycles. The van der Waals surface area contributed by atoms with E-state index in [1.54, 1.807) is 0 Å². The SMILES string of the molecule is C=CCP(Oc1ccccc1C(C)C)c1ccccc1C(C)C. The first kappa shape index (κ1) is 17.8. The van der Waals surface area contributed by atoms with Gasteiger partial charge in [0, 0.05) is 11.5 Å². The summed E-state index contributed by atoms with van der Waals surface area (Å²) in [6, 6.07) is 17.0. The number of hydrogen-bond donors (Lipinski definition) is 0. The van der Waals surface area contributed by atoms with Crippen LogP contribution in [-0.2, 0) is 0 Å². The van der Waals surface area contributed by atoms with Gasteiger partial charge in [0.1, 0.15) is 13.9 Å². The molecular formula is C21H27OP. The van der Waals surface area contributed by atoms with Gasteiger partial charge in [-0.3, -0.25) is 0 Å². The highest BCUT2D eigenvalue weighted by Crippen LogP contribution is 2.42. The summed E-state index contributed by atoms with van der Waals surface area (Å²) in [4.78, 5) is 0. The molecule has 2 aromatic carbocycles. The van der Waals surface area contributed by atoms with Crippen molar-refractivity contribution in [1.82, 2.24) is 0 Å². The molecule has 0 saturated heterocycles. The third kappa shape index (κ3) is 4.45. The van der Waals surface area contributed by atoms with Crippen molar-refractivity contribution in [3.05, 3.63) is 72.3 Å². The number of rotatable bonds is 7. The standard InChI is InChI=1S/C21H27OP/c1-6-15-23(21-14-10-8-12-19(21)17(4)5)22-20-13-9-7-11-18(20)16(2)3/h6-14,16-17H,1,15H2,2-5H3. The van der Waals surface area contributed by atoms with Crippen molar-refractivity contribution in [2.24, 2.45) is 0 Å². The van der Waals surface area contributed by atoms with Crippen molar-refractivity contribution in [2.45, 2.75) is 39.5 Å². The van der Waals surface area contributed by atoms with Crippen molar-refractivity contribution in [2.75, 3.05) is 6.16 Å². The summed E-state index contributed by atoms with van der Waals surface area (Å²) in [6.45, 7) is 12.8. The van der Waals surface area contributed by atoms with Crippen LogP contribution in [0.5, 0.6) is 5.75 Å². The normalized spacial score (nSPS) is 12.4. The van der Waals surface area contributed by atoms with Gasteiger partial charge in [-0.05, 0) is 29.0 Å². The number of allylic oxidation sites excluding steroid dienone is 1. The zero-order chi connectivity index (χ0) is 16.8. The molecule has 0 fully saturated rings. The Morgan fingerprint density at radius 2 is 1.48 bits per heavy atom. The van der Waals surface area contributed by atoms with E-state index in [9.17, 15) is 0 Å². The van der Waals surface area contributed by atoms with E-state index in [0.29, 0.717) is 11.8 Å². The Morgan fingerprint density at radius 3 is 2.09 bits per heavy atom. The average Bonchev–Trinajstić information content (AvgIpc) is 2.54. The van der Waals surface area contributed by atoms with Gasteiger partial charge < -0.3 is 4.52 Å². The number of benzene rings is 2.